The molecule has 146 valence electrons. The SMILES string of the molecule is CC[N+]1(CC)[C@@H]2CC[C@H]1CC(OC(=O)C1CCCC=C1c1ccccc1)C2. The lowest BCUT2D eigenvalue weighted by Gasteiger charge is -2.48. The average molecular weight is 369 g/mol. The molecule has 4 atom stereocenters. The highest BCUT2D eigenvalue weighted by molar-refractivity contribution is 5.89. The first-order valence-corrected chi connectivity index (χ1v) is 11.0. The van der Waals surface area contributed by atoms with Gasteiger partial charge in [-0.1, -0.05) is 36.4 Å². The molecule has 2 fully saturated rings. The fourth-order valence-electron chi connectivity index (χ4n) is 6.23. The predicted molar refractivity (Wildman–Crippen MR) is 109 cm³/mol. The number of quaternary nitrogens is 1. The van der Waals surface area contributed by atoms with Crippen molar-refractivity contribution < 1.29 is 14.0 Å². The van der Waals surface area contributed by atoms with E-state index in [1.54, 1.807) is 0 Å². The fraction of sp³-hybridized carbons (Fsp3) is 0.625. The van der Waals surface area contributed by atoms with Crippen LogP contribution in [0.15, 0.2) is 36.4 Å². The van der Waals surface area contributed by atoms with Crippen molar-refractivity contribution in [1.29, 1.82) is 0 Å². The van der Waals surface area contributed by atoms with Crippen molar-refractivity contribution in [2.24, 2.45) is 5.92 Å². The first-order valence-electron chi connectivity index (χ1n) is 11.0. The minimum Gasteiger partial charge on any atom is -0.461 e. The molecule has 2 saturated heterocycles. The van der Waals surface area contributed by atoms with Gasteiger partial charge in [-0.05, 0) is 44.2 Å². The maximum absolute atomic E-state index is 13.1. The van der Waals surface area contributed by atoms with Gasteiger partial charge in [-0.25, -0.2) is 0 Å². The summed E-state index contributed by atoms with van der Waals surface area (Å²) >= 11 is 0. The lowest BCUT2D eigenvalue weighted by Crippen LogP contribution is -2.61. The molecule has 3 nitrogen and oxygen atoms in total. The third-order valence-electron chi connectivity index (χ3n) is 7.65. The van der Waals surface area contributed by atoms with Gasteiger partial charge in [0.25, 0.3) is 0 Å². The van der Waals surface area contributed by atoms with Crippen LogP contribution in [0.1, 0.15) is 64.4 Å². The molecular weight excluding hydrogens is 334 g/mol. The number of hydrogen-bond donors (Lipinski definition) is 0. The number of benzene rings is 1. The number of carbonyl (C=O) groups excluding carboxylic acids is 1. The Morgan fingerprint density at radius 3 is 2.33 bits per heavy atom. The molecule has 3 aliphatic rings. The molecular formula is C24H34NO2+. The summed E-state index contributed by atoms with van der Waals surface area (Å²) < 4.78 is 7.41. The molecule has 0 aromatic heterocycles. The number of ether oxygens (including phenoxy) is 1. The molecule has 1 aromatic rings. The second-order valence-electron chi connectivity index (χ2n) is 8.66. The van der Waals surface area contributed by atoms with Gasteiger partial charge in [0.2, 0.25) is 0 Å². The molecule has 3 heteroatoms. The Morgan fingerprint density at radius 2 is 1.70 bits per heavy atom. The number of rotatable bonds is 5. The van der Waals surface area contributed by atoms with Gasteiger partial charge in [-0.15, -0.1) is 0 Å². The summed E-state index contributed by atoms with van der Waals surface area (Å²) in [5.41, 5.74) is 2.35. The predicted octanol–water partition coefficient (Wildman–Crippen LogP) is 4.96. The zero-order valence-corrected chi connectivity index (χ0v) is 16.9. The number of carbonyl (C=O) groups is 1. The van der Waals surface area contributed by atoms with Gasteiger partial charge in [-0.2, -0.15) is 0 Å². The van der Waals surface area contributed by atoms with Crippen LogP contribution in [0, 0.1) is 5.92 Å². The number of hydrogen-bond acceptors (Lipinski definition) is 2. The lowest BCUT2D eigenvalue weighted by atomic mass is 9.83. The number of nitrogens with zero attached hydrogens (tertiary/aromatic N) is 1. The van der Waals surface area contributed by atoms with Crippen LogP contribution in [-0.4, -0.2) is 41.7 Å². The molecule has 1 aromatic carbocycles. The van der Waals surface area contributed by atoms with Gasteiger partial charge >= 0.3 is 5.97 Å². The summed E-state index contributed by atoms with van der Waals surface area (Å²) in [6.45, 7) is 7.10. The highest BCUT2D eigenvalue weighted by Gasteiger charge is 2.53. The van der Waals surface area contributed by atoms with Crippen LogP contribution in [0.4, 0.5) is 0 Å². The number of fused-ring (bicyclic) bond motifs is 2. The highest BCUT2D eigenvalue weighted by Crippen LogP contribution is 2.44. The van der Waals surface area contributed by atoms with E-state index < -0.39 is 0 Å². The van der Waals surface area contributed by atoms with Crippen LogP contribution in [0.5, 0.6) is 0 Å². The molecule has 0 N–H and O–H groups in total. The Bertz CT molecular complexity index is 676. The van der Waals surface area contributed by atoms with E-state index in [4.69, 9.17) is 4.74 Å². The first kappa shape index (κ1) is 18.7. The van der Waals surface area contributed by atoms with Crippen molar-refractivity contribution in [3.63, 3.8) is 0 Å². The quantitative estimate of drug-likeness (QED) is 0.542. The van der Waals surface area contributed by atoms with Crippen molar-refractivity contribution in [3.8, 4) is 0 Å². The van der Waals surface area contributed by atoms with E-state index in [1.807, 2.05) is 6.07 Å². The second-order valence-corrected chi connectivity index (χ2v) is 8.66. The van der Waals surface area contributed by atoms with E-state index >= 15 is 0 Å². The summed E-state index contributed by atoms with van der Waals surface area (Å²) in [5, 5.41) is 0. The molecule has 27 heavy (non-hydrogen) atoms. The van der Waals surface area contributed by atoms with E-state index in [0.717, 1.165) is 32.1 Å². The topological polar surface area (TPSA) is 26.3 Å². The second kappa shape index (κ2) is 7.79. The highest BCUT2D eigenvalue weighted by atomic mass is 16.5. The monoisotopic (exact) mass is 368 g/mol. The normalized spacial score (nSPS) is 32.0. The summed E-state index contributed by atoms with van der Waals surface area (Å²) in [5.74, 6) is -0.0699. The Morgan fingerprint density at radius 1 is 1.04 bits per heavy atom. The van der Waals surface area contributed by atoms with Gasteiger partial charge < -0.3 is 9.22 Å². The van der Waals surface area contributed by atoms with Gasteiger partial charge in [-0.3, -0.25) is 4.79 Å². The average Bonchev–Trinajstić information content (AvgIpc) is 2.90. The summed E-state index contributed by atoms with van der Waals surface area (Å²) in [4.78, 5) is 13.1. The summed E-state index contributed by atoms with van der Waals surface area (Å²) in [6, 6.07) is 11.8. The van der Waals surface area contributed by atoms with Gasteiger partial charge in [0.1, 0.15) is 6.10 Å². The minimum absolute atomic E-state index is 0.0159. The molecule has 2 heterocycles. The van der Waals surface area contributed by atoms with Crippen molar-refractivity contribution in [3.05, 3.63) is 42.0 Å². The van der Waals surface area contributed by atoms with Crippen LogP contribution >= 0.6 is 0 Å². The van der Waals surface area contributed by atoms with Crippen molar-refractivity contribution >= 4 is 11.5 Å². The molecule has 0 saturated carbocycles. The van der Waals surface area contributed by atoms with E-state index in [2.05, 4.69) is 44.2 Å². The standard InChI is InChI=1S/C24H34NO2/c1-3-25(4-2)19-14-15-20(25)17-21(16-19)27-24(26)23-13-9-8-12-22(23)18-10-6-5-7-11-18/h5-7,10-12,19-21,23H,3-4,8-9,13-17H2,1-2H3/q+1/t19-,20+,21?,23?. The van der Waals surface area contributed by atoms with Crippen molar-refractivity contribution in [1.82, 2.24) is 0 Å². The number of esters is 1. The molecule has 4 rings (SSSR count). The third kappa shape index (κ3) is 3.35. The molecule has 2 bridgehead atoms. The van der Waals surface area contributed by atoms with Crippen molar-refractivity contribution in [2.75, 3.05) is 13.1 Å². The molecule has 1 aliphatic carbocycles. The van der Waals surface area contributed by atoms with Crippen LogP contribution in [0.3, 0.4) is 0 Å². The third-order valence-corrected chi connectivity index (χ3v) is 7.65. The van der Waals surface area contributed by atoms with Crippen LogP contribution < -0.4 is 0 Å². The van der Waals surface area contributed by atoms with Crippen molar-refractivity contribution in [2.45, 2.75) is 77.0 Å². The molecule has 0 spiro atoms. The Labute approximate surface area is 164 Å². The fourth-order valence-corrected chi connectivity index (χ4v) is 6.23. The van der Waals surface area contributed by atoms with E-state index in [-0.39, 0.29) is 18.0 Å². The Kier molecular flexibility index (Phi) is 5.41. The molecule has 0 amide bonds. The zero-order valence-electron chi connectivity index (χ0n) is 16.9. The summed E-state index contributed by atoms with van der Waals surface area (Å²) in [6.07, 6.45) is 10.2. The van der Waals surface area contributed by atoms with Crippen LogP contribution in [0.2, 0.25) is 0 Å². The van der Waals surface area contributed by atoms with E-state index in [0.29, 0.717) is 12.1 Å². The largest absolute Gasteiger partial charge is 0.461 e. The molecule has 2 unspecified atom stereocenters. The lowest BCUT2D eigenvalue weighted by molar-refractivity contribution is -0.963. The minimum atomic E-state index is -0.0858. The van der Waals surface area contributed by atoms with Crippen LogP contribution in [0.25, 0.3) is 5.57 Å². The van der Waals surface area contributed by atoms with Gasteiger partial charge in [0, 0.05) is 25.7 Å². The Hall–Kier alpha value is -1.61. The molecule has 0 radical (unpaired) electrons. The maximum atomic E-state index is 13.1. The van der Waals surface area contributed by atoms with Crippen LogP contribution in [-0.2, 0) is 9.53 Å². The summed E-state index contributed by atoms with van der Waals surface area (Å²) in [7, 11) is 0. The smallest absolute Gasteiger partial charge is 0.313 e. The van der Waals surface area contributed by atoms with E-state index in [1.165, 1.54) is 41.6 Å². The number of allylic oxidation sites excluding steroid dienone is 1. The number of piperidine rings is 1. The van der Waals surface area contributed by atoms with Gasteiger partial charge in [0.15, 0.2) is 0 Å². The molecule has 2 aliphatic heterocycles. The maximum Gasteiger partial charge on any atom is 0.313 e. The van der Waals surface area contributed by atoms with E-state index in [9.17, 15) is 4.79 Å². The first-order chi connectivity index (χ1) is 13.2. The van der Waals surface area contributed by atoms with Gasteiger partial charge in [0.05, 0.1) is 31.1 Å². The zero-order chi connectivity index (χ0) is 18.9. The Balaban J connectivity index is 1.45.